The monoisotopic (exact) mass is 411 g/mol. The highest BCUT2D eigenvalue weighted by Crippen LogP contribution is 2.15. The number of halogens is 1. The van der Waals surface area contributed by atoms with E-state index in [0.29, 0.717) is 30.6 Å². The number of rotatable bonds is 8. The second kappa shape index (κ2) is 9.58. The summed E-state index contributed by atoms with van der Waals surface area (Å²) in [4.78, 5) is 4.22. The molecule has 0 atom stereocenters. The second-order valence-electron chi connectivity index (χ2n) is 5.53. The summed E-state index contributed by atoms with van der Waals surface area (Å²) in [5.41, 5.74) is 6.43. The van der Waals surface area contributed by atoms with Crippen LogP contribution in [0.5, 0.6) is 0 Å². The fourth-order valence-corrected chi connectivity index (χ4v) is 3.80. The molecule has 10 heteroatoms. The van der Waals surface area contributed by atoms with Crippen molar-refractivity contribution in [3.8, 4) is 0 Å². The highest BCUT2D eigenvalue weighted by atomic mass is 32.2. The zero-order valence-electron chi connectivity index (χ0n) is 15.1. The summed E-state index contributed by atoms with van der Waals surface area (Å²) in [5, 5.41) is 3.28. The van der Waals surface area contributed by atoms with E-state index in [1.54, 1.807) is 32.0 Å². The molecule has 0 unspecified atom stereocenters. The van der Waals surface area contributed by atoms with Gasteiger partial charge in [-0.25, -0.2) is 17.8 Å². The van der Waals surface area contributed by atoms with Gasteiger partial charge in [-0.3, -0.25) is 10.9 Å². The molecule has 2 aromatic rings. The molecule has 27 heavy (non-hydrogen) atoms. The van der Waals surface area contributed by atoms with Gasteiger partial charge in [0.25, 0.3) is 0 Å². The number of anilines is 1. The zero-order chi connectivity index (χ0) is 19.9. The van der Waals surface area contributed by atoms with Gasteiger partial charge < -0.3 is 5.32 Å². The van der Waals surface area contributed by atoms with Gasteiger partial charge >= 0.3 is 0 Å². The Morgan fingerprint density at radius 2 is 1.81 bits per heavy atom. The molecule has 146 valence electrons. The van der Waals surface area contributed by atoms with Crippen LogP contribution in [0.1, 0.15) is 19.4 Å². The molecule has 0 aliphatic carbocycles. The average Bonchev–Trinajstić information content (AvgIpc) is 2.67. The van der Waals surface area contributed by atoms with E-state index < -0.39 is 10.0 Å². The van der Waals surface area contributed by atoms with Crippen molar-refractivity contribution in [3.05, 3.63) is 54.0 Å². The molecule has 1 aromatic heterocycles. The topological polar surface area (TPSA) is 86.4 Å². The van der Waals surface area contributed by atoms with Crippen LogP contribution in [0.4, 0.5) is 10.2 Å². The van der Waals surface area contributed by atoms with E-state index in [2.05, 4.69) is 21.2 Å². The van der Waals surface area contributed by atoms with Crippen molar-refractivity contribution >= 4 is 33.2 Å². The molecular weight excluding hydrogens is 389 g/mol. The van der Waals surface area contributed by atoms with Gasteiger partial charge in [0.1, 0.15) is 16.5 Å². The number of benzene rings is 1. The number of pyridine rings is 1. The van der Waals surface area contributed by atoms with Gasteiger partial charge in [-0.15, -0.1) is 0 Å². The Morgan fingerprint density at radius 3 is 2.37 bits per heavy atom. The van der Waals surface area contributed by atoms with Crippen molar-refractivity contribution in [1.82, 2.24) is 20.0 Å². The summed E-state index contributed by atoms with van der Waals surface area (Å²) in [7, 11) is -3.53. The van der Waals surface area contributed by atoms with Gasteiger partial charge in [-0.2, -0.15) is 4.31 Å². The molecule has 7 nitrogen and oxygen atoms in total. The maximum atomic E-state index is 12.9. The third kappa shape index (κ3) is 5.84. The van der Waals surface area contributed by atoms with E-state index in [0.717, 1.165) is 5.56 Å². The largest absolute Gasteiger partial charge is 0.357 e. The van der Waals surface area contributed by atoms with Crippen LogP contribution in [0.3, 0.4) is 0 Å². The van der Waals surface area contributed by atoms with Crippen molar-refractivity contribution in [1.29, 1.82) is 0 Å². The highest BCUT2D eigenvalue weighted by molar-refractivity contribution is 7.89. The van der Waals surface area contributed by atoms with E-state index >= 15 is 0 Å². The molecule has 0 fully saturated rings. The number of nitrogens with one attached hydrogen (secondary N) is 3. The molecule has 1 aromatic carbocycles. The molecule has 0 bridgehead atoms. The Morgan fingerprint density at radius 1 is 1.15 bits per heavy atom. The van der Waals surface area contributed by atoms with E-state index in [-0.39, 0.29) is 10.7 Å². The van der Waals surface area contributed by atoms with Crippen LogP contribution < -0.4 is 16.2 Å². The number of thiocarbonyl (C=S) groups is 1. The minimum absolute atomic E-state index is 0.133. The van der Waals surface area contributed by atoms with Crippen molar-refractivity contribution in [3.63, 3.8) is 0 Å². The van der Waals surface area contributed by atoms with Crippen LogP contribution in [-0.2, 0) is 16.6 Å². The molecule has 0 amide bonds. The van der Waals surface area contributed by atoms with Crippen LogP contribution >= 0.6 is 12.2 Å². The first-order chi connectivity index (χ1) is 12.9. The maximum Gasteiger partial charge on any atom is 0.244 e. The molecule has 0 saturated carbocycles. The summed E-state index contributed by atoms with van der Waals surface area (Å²) < 4.78 is 39.0. The van der Waals surface area contributed by atoms with Crippen LogP contribution in [0.15, 0.2) is 47.5 Å². The van der Waals surface area contributed by atoms with Gasteiger partial charge in [0.2, 0.25) is 10.0 Å². The number of hydrogen-bond acceptors (Lipinski definition) is 5. The van der Waals surface area contributed by atoms with Crippen molar-refractivity contribution in [2.45, 2.75) is 25.3 Å². The fraction of sp³-hybridized carbons (Fsp3) is 0.294. The van der Waals surface area contributed by atoms with Gasteiger partial charge in [0.15, 0.2) is 5.11 Å². The van der Waals surface area contributed by atoms with E-state index in [4.69, 9.17) is 12.2 Å². The fourth-order valence-electron chi connectivity index (χ4n) is 2.27. The first kappa shape index (κ1) is 21.0. The maximum absolute atomic E-state index is 12.9. The number of aromatic nitrogens is 1. The second-order valence-corrected chi connectivity index (χ2v) is 7.87. The zero-order valence-corrected chi connectivity index (χ0v) is 16.7. The average molecular weight is 412 g/mol. The minimum atomic E-state index is -3.53. The quantitative estimate of drug-likeness (QED) is 0.454. The van der Waals surface area contributed by atoms with E-state index in [1.165, 1.54) is 28.7 Å². The first-order valence-electron chi connectivity index (χ1n) is 8.37. The van der Waals surface area contributed by atoms with Crippen LogP contribution in [0.25, 0.3) is 0 Å². The summed E-state index contributed by atoms with van der Waals surface area (Å²) in [6, 6.07) is 9.11. The van der Waals surface area contributed by atoms with Gasteiger partial charge in [-0.05, 0) is 42.0 Å². The molecule has 3 N–H and O–H groups in total. The summed E-state index contributed by atoms with van der Waals surface area (Å²) in [6.07, 6.45) is 1.30. The number of hydrazine groups is 1. The standard InChI is InChI=1S/C17H22FN5O2S2/c1-3-23(4-2)27(24,25)15-9-10-16(19-12-15)21-22-17(26)20-11-13-5-7-14(18)8-6-13/h5-10,12H,3-4,11H2,1-2H3,(H,19,21)(H2,20,22,26). The lowest BCUT2D eigenvalue weighted by atomic mass is 10.2. The lowest BCUT2D eigenvalue weighted by Gasteiger charge is -2.18. The van der Waals surface area contributed by atoms with Crippen LogP contribution in [-0.4, -0.2) is 35.9 Å². The number of hydrogen-bond donors (Lipinski definition) is 3. The van der Waals surface area contributed by atoms with E-state index in [9.17, 15) is 12.8 Å². The lowest BCUT2D eigenvalue weighted by molar-refractivity contribution is 0.445. The Hall–Kier alpha value is -2.30. The van der Waals surface area contributed by atoms with Crippen LogP contribution in [0.2, 0.25) is 0 Å². The molecule has 0 saturated heterocycles. The molecular formula is C17H22FN5O2S2. The van der Waals surface area contributed by atoms with E-state index in [1.807, 2.05) is 0 Å². The minimum Gasteiger partial charge on any atom is -0.357 e. The third-order valence-corrected chi connectivity index (χ3v) is 6.03. The first-order valence-corrected chi connectivity index (χ1v) is 10.2. The molecule has 1 heterocycles. The Kier molecular flexibility index (Phi) is 7.45. The van der Waals surface area contributed by atoms with Gasteiger partial charge in [-0.1, -0.05) is 26.0 Å². The predicted molar refractivity (Wildman–Crippen MR) is 107 cm³/mol. The lowest BCUT2D eigenvalue weighted by Crippen LogP contribution is -2.38. The Labute approximate surface area is 164 Å². The molecule has 0 aliphatic heterocycles. The van der Waals surface area contributed by atoms with Crippen LogP contribution in [0, 0.1) is 5.82 Å². The summed E-state index contributed by atoms with van der Waals surface area (Å²) >= 11 is 5.14. The molecule has 0 aliphatic rings. The summed E-state index contributed by atoms with van der Waals surface area (Å²) in [6.45, 7) is 4.80. The third-order valence-electron chi connectivity index (χ3n) is 3.75. The Bertz CT molecular complexity index is 854. The number of nitrogens with zero attached hydrogens (tertiary/aromatic N) is 2. The van der Waals surface area contributed by atoms with Crippen molar-refractivity contribution < 1.29 is 12.8 Å². The van der Waals surface area contributed by atoms with Gasteiger partial charge in [0.05, 0.1) is 0 Å². The predicted octanol–water partition coefficient (Wildman–Crippen LogP) is 2.24. The van der Waals surface area contributed by atoms with Crippen molar-refractivity contribution in [2.24, 2.45) is 0 Å². The van der Waals surface area contributed by atoms with Gasteiger partial charge in [0, 0.05) is 25.8 Å². The Balaban J connectivity index is 1.87. The van der Waals surface area contributed by atoms with Crippen molar-refractivity contribution in [2.75, 3.05) is 18.5 Å². The molecule has 2 rings (SSSR count). The highest BCUT2D eigenvalue weighted by Gasteiger charge is 2.21. The SMILES string of the molecule is CCN(CC)S(=O)(=O)c1ccc(NNC(=S)NCc2ccc(F)cc2)nc1. The molecule has 0 radical (unpaired) electrons. The summed E-state index contributed by atoms with van der Waals surface area (Å²) in [5.74, 6) is 0.123. The normalized spacial score (nSPS) is 11.3. The molecule has 0 spiro atoms. The number of sulfonamides is 1. The smallest absolute Gasteiger partial charge is 0.244 e.